The Labute approximate surface area is 69.5 Å². The molecule has 1 heterocycles. The van der Waals surface area contributed by atoms with Gasteiger partial charge >= 0.3 is 5.97 Å². The van der Waals surface area contributed by atoms with E-state index >= 15 is 0 Å². The van der Waals surface area contributed by atoms with Gasteiger partial charge in [-0.05, 0) is 22.0 Å². The van der Waals surface area contributed by atoms with Crippen LogP contribution in [0.1, 0.15) is 0 Å². The Balaban J connectivity index is 2.72. The van der Waals surface area contributed by atoms with E-state index < -0.39 is 0 Å². The maximum Gasteiger partial charge on any atom is 0.344 e. The second kappa shape index (κ2) is 2.84. The second-order valence-electron chi connectivity index (χ2n) is 1.63. The van der Waals surface area contributed by atoms with Crippen molar-refractivity contribution < 1.29 is 9.53 Å². The van der Waals surface area contributed by atoms with Gasteiger partial charge in [-0.25, -0.2) is 4.79 Å². The van der Waals surface area contributed by atoms with Crippen molar-refractivity contribution in [3.05, 3.63) is 10.6 Å². The van der Waals surface area contributed by atoms with Gasteiger partial charge in [0.2, 0.25) is 0 Å². The van der Waals surface area contributed by atoms with Crippen LogP contribution >= 0.6 is 31.9 Å². The maximum absolute atomic E-state index is 10.6. The number of alkyl halides is 1. The molecule has 0 unspecified atom stereocenters. The van der Waals surface area contributed by atoms with Crippen LogP contribution in [-0.4, -0.2) is 17.4 Å². The zero-order valence-electron chi connectivity index (χ0n) is 4.43. The first kappa shape index (κ1) is 7.28. The molecule has 0 aromatic rings. The number of hydrogen-bond acceptors (Lipinski definition) is 2. The Bertz CT molecular complexity index is 164. The quantitative estimate of drug-likeness (QED) is 0.486. The summed E-state index contributed by atoms with van der Waals surface area (Å²) in [5.74, 6) is -0.286. The molecule has 0 fully saturated rings. The number of rotatable bonds is 0. The molecule has 1 aliphatic heterocycles. The molecule has 2 nitrogen and oxygen atoms in total. The lowest BCUT2D eigenvalue weighted by atomic mass is 10.3. The molecule has 0 radical (unpaired) electrons. The van der Waals surface area contributed by atoms with E-state index in [4.69, 9.17) is 4.74 Å². The number of carbonyl (C=O) groups is 1. The van der Waals surface area contributed by atoms with Gasteiger partial charge in [0.15, 0.2) is 0 Å². The zero-order chi connectivity index (χ0) is 6.85. The largest absolute Gasteiger partial charge is 0.460 e. The highest BCUT2D eigenvalue weighted by Gasteiger charge is 2.16. The Morgan fingerprint density at radius 2 is 2.44 bits per heavy atom. The summed E-state index contributed by atoms with van der Waals surface area (Å²) in [6.07, 6.45) is 1.77. The van der Waals surface area contributed by atoms with Crippen molar-refractivity contribution in [1.29, 1.82) is 0 Å². The Morgan fingerprint density at radius 1 is 1.78 bits per heavy atom. The number of ether oxygens (including phenoxy) is 1. The van der Waals surface area contributed by atoms with E-state index in [1.165, 1.54) is 0 Å². The van der Waals surface area contributed by atoms with Crippen LogP contribution in [0.2, 0.25) is 0 Å². The van der Waals surface area contributed by atoms with E-state index in [0.29, 0.717) is 11.1 Å². The standard InChI is InChI=1S/C5H4Br2O2/c6-3-1-4(7)5(8)9-2-3/h1,3H,2H2/t3-/m1/s1. The van der Waals surface area contributed by atoms with Crippen LogP contribution in [0.4, 0.5) is 0 Å². The summed E-state index contributed by atoms with van der Waals surface area (Å²) < 4.78 is 5.20. The summed E-state index contributed by atoms with van der Waals surface area (Å²) >= 11 is 6.32. The third kappa shape index (κ3) is 1.79. The van der Waals surface area contributed by atoms with E-state index in [2.05, 4.69) is 31.9 Å². The molecule has 0 aromatic carbocycles. The summed E-state index contributed by atoms with van der Waals surface area (Å²) in [5, 5.41) is 0. The molecule has 50 valence electrons. The first-order chi connectivity index (χ1) is 4.20. The molecule has 0 spiro atoms. The van der Waals surface area contributed by atoms with Gasteiger partial charge in [0.05, 0.1) is 9.31 Å². The predicted molar refractivity (Wildman–Crippen MR) is 40.7 cm³/mol. The highest BCUT2D eigenvalue weighted by atomic mass is 79.9. The zero-order valence-corrected chi connectivity index (χ0v) is 7.61. The average molecular weight is 256 g/mol. The van der Waals surface area contributed by atoms with Crippen LogP contribution in [0.3, 0.4) is 0 Å². The van der Waals surface area contributed by atoms with Crippen molar-refractivity contribution in [3.63, 3.8) is 0 Å². The van der Waals surface area contributed by atoms with Gasteiger partial charge in [-0.2, -0.15) is 0 Å². The molecule has 9 heavy (non-hydrogen) atoms. The van der Waals surface area contributed by atoms with Gasteiger partial charge < -0.3 is 4.74 Å². The van der Waals surface area contributed by atoms with E-state index in [9.17, 15) is 4.79 Å². The minimum absolute atomic E-state index is 0.157. The van der Waals surface area contributed by atoms with Crippen LogP contribution in [0.5, 0.6) is 0 Å². The molecule has 0 bridgehead atoms. The summed E-state index contributed by atoms with van der Waals surface area (Å²) in [6, 6.07) is 0. The van der Waals surface area contributed by atoms with Crippen LogP contribution in [-0.2, 0) is 9.53 Å². The first-order valence-electron chi connectivity index (χ1n) is 2.38. The third-order valence-corrected chi connectivity index (χ3v) is 2.01. The number of halogens is 2. The predicted octanol–water partition coefficient (Wildman–Crippen LogP) is 1.59. The van der Waals surface area contributed by atoms with Gasteiger partial charge in [-0.3, -0.25) is 0 Å². The Hall–Kier alpha value is 0.170. The van der Waals surface area contributed by atoms with Crippen LogP contribution in [0.25, 0.3) is 0 Å². The fourth-order valence-electron chi connectivity index (χ4n) is 0.499. The molecule has 0 amide bonds. The normalized spacial score (nSPS) is 27.1. The second-order valence-corrected chi connectivity index (χ2v) is 3.66. The molecule has 1 atom stereocenters. The molecule has 0 saturated carbocycles. The van der Waals surface area contributed by atoms with Gasteiger partial charge in [0.25, 0.3) is 0 Å². The SMILES string of the molecule is O=C1OC[C@H](Br)C=C1Br. The average Bonchev–Trinajstić information content (AvgIpc) is 1.80. The highest BCUT2D eigenvalue weighted by Crippen LogP contribution is 2.18. The minimum atomic E-state index is -0.286. The lowest BCUT2D eigenvalue weighted by molar-refractivity contribution is -0.138. The van der Waals surface area contributed by atoms with Gasteiger partial charge in [0.1, 0.15) is 6.61 Å². The van der Waals surface area contributed by atoms with Gasteiger partial charge in [-0.1, -0.05) is 15.9 Å². The fourth-order valence-corrected chi connectivity index (χ4v) is 1.68. The molecule has 4 heteroatoms. The van der Waals surface area contributed by atoms with E-state index in [0.717, 1.165) is 0 Å². The van der Waals surface area contributed by atoms with Crippen LogP contribution in [0, 0.1) is 0 Å². The molecule has 1 aliphatic rings. The van der Waals surface area contributed by atoms with E-state index in [1.54, 1.807) is 6.08 Å². The lowest BCUT2D eigenvalue weighted by Crippen LogP contribution is -2.18. The van der Waals surface area contributed by atoms with Crippen molar-refractivity contribution in [2.45, 2.75) is 4.83 Å². The van der Waals surface area contributed by atoms with Gasteiger partial charge in [0, 0.05) is 0 Å². The summed E-state index contributed by atoms with van der Waals surface area (Å²) in [4.78, 5) is 10.7. The fraction of sp³-hybridized carbons (Fsp3) is 0.400. The van der Waals surface area contributed by atoms with Crippen LogP contribution in [0.15, 0.2) is 10.6 Å². The molecule has 0 N–H and O–H groups in total. The third-order valence-electron chi connectivity index (χ3n) is 0.896. The minimum Gasteiger partial charge on any atom is -0.460 e. The lowest BCUT2D eigenvalue weighted by Gasteiger charge is -2.12. The van der Waals surface area contributed by atoms with Gasteiger partial charge in [-0.15, -0.1) is 0 Å². The summed E-state index contributed by atoms with van der Waals surface area (Å²) in [5.41, 5.74) is 0. The van der Waals surface area contributed by atoms with Crippen molar-refractivity contribution in [2.75, 3.05) is 6.61 Å². The molecule has 0 aromatic heterocycles. The molecular formula is C5H4Br2O2. The van der Waals surface area contributed by atoms with E-state index in [1.807, 2.05) is 0 Å². The van der Waals surface area contributed by atoms with Crippen molar-refractivity contribution in [1.82, 2.24) is 0 Å². The molecule has 0 aliphatic carbocycles. The summed E-state index contributed by atoms with van der Waals surface area (Å²) in [7, 11) is 0. The monoisotopic (exact) mass is 254 g/mol. The topological polar surface area (TPSA) is 26.3 Å². The van der Waals surface area contributed by atoms with Crippen molar-refractivity contribution in [2.24, 2.45) is 0 Å². The summed E-state index contributed by atoms with van der Waals surface area (Å²) in [6.45, 7) is 0.425. The number of hydrogen-bond donors (Lipinski definition) is 0. The molecular weight excluding hydrogens is 252 g/mol. The maximum atomic E-state index is 10.6. The number of carbonyl (C=O) groups excluding carboxylic acids is 1. The first-order valence-corrected chi connectivity index (χ1v) is 4.09. The van der Waals surface area contributed by atoms with Crippen molar-refractivity contribution >= 4 is 37.8 Å². The van der Waals surface area contributed by atoms with Crippen molar-refractivity contribution in [3.8, 4) is 0 Å². The van der Waals surface area contributed by atoms with Crippen LogP contribution < -0.4 is 0 Å². The Kier molecular flexibility index (Phi) is 2.29. The smallest absolute Gasteiger partial charge is 0.344 e. The Morgan fingerprint density at radius 3 is 2.89 bits per heavy atom. The highest BCUT2D eigenvalue weighted by molar-refractivity contribution is 9.12. The van der Waals surface area contributed by atoms with E-state index in [-0.39, 0.29) is 10.8 Å². The number of esters is 1. The molecule has 1 rings (SSSR count). The number of cyclic esters (lactones) is 1. The molecule has 0 saturated heterocycles.